The zero-order chi connectivity index (χ0) is 14.7. The number of aromatic nitrogens is 4. The number of hydrogen-bond donors (Lipinski definition) is 3. The van der Waals surface area contributed by atoms with Crippen molar-refractivity contribution in [3.8, 4) is 0 Å². The van der Waals surface area contributed by atoms with Crippen molar-refractivity contribution in [1.29, 1.82) is 0 Å². The van der Waals surface area contributed by atoms with Gasteiger partial charge >= 0.3 is 0 Å². The molecule has 7 nitrogen and oxygen atoms in total. The lowest BCUT2D eigenvalue weighted by Gasteiger charge is -2.22. The van der Waals surface area contributed by atoms with Gasteiger partial charge in [0.25, 0.3) is 0 Å². The summed E-state index contributed by atoms with van der Waals surface area (Å²) in [6.45, 7) is 4.17. The number of carbonyl (C=O) groups excluding carboxylic acids is 1. The summed E-state index contributed by atoms with van der Waals surface area (Å²) in [4.78, 5) is 23.9. The van der Waals surface area contributed by atoms with E-state index in [1.165, 1.54) is 0 Å². The van der Waals surface area contributed by atoms with Gasteiger partial charge in [-0.25, -0.2) is 9.97 Å². The Bertz CT molecular complexity index is 617. The fourth-order valence-electron chi connectivity index (χ4n) is 2.70. The molecule has 0 aliphatic carbocycles. The average molecular weight is 288 g/mol. The van der Waals surface area contributed by atoms with Gasteiger partial charge in [0.15, 0.2) is 0 Å². The Kier molecular flexibility index (Phi) is 4.01. The highest BCUT2D eigenvalue weighted by atomic mass is 16.2. The van der Waals surface area contributed by atoms with E-state index < -0.39 is 0 Å². The Morgan fingerprint density at radius 1 is 1.52 bits per heavy atom. The maximum Gasteiger partial charge on any atom is 0.243 e. The molecule has 3 rings (SSSR count). The minimum atomic E-state index is -0.353. The third-order valence-corrected chi connectivity index (χ3v) is 3.78. The summed E-state index contributed by atoms with van der Waals surface area (Å²) in [7, 11) is 0. The third-order valence-electron chi connectivity index (χ3n) is 3.78. The molecule has 2 aromatic heterocycles. The van der Waals surface area contributed by atoms with Crippen LogP contribution in [-0.2, 0) is 24.2 Å². The fraction of sp³-hybridized carbons (Fsp3) is 0.500. The smallest absolute Gasteiger partial charge is 0.243 e. The first-order valence-corrected chi connectivity index (χ1v) is 7.33. The van der Waals surface area contributed by atoms with Crippen molar-refractivity contribution in [3.63, 3.8) is 0 Å². The molecule has 1 unspecified atom stereocenters. The molecule has 112 valence electrons. The van der Waals surface area contributed by atoms with Crippen LogP contribution in [0.15, 0.2) is 18.7 Å². The summed E-state index contributed by atoms with van der Waals surface area (Å²) in [6, 6.07) is -0.353. The van der Waals surface area contributed by atoms with E-state index in [-0.39, 0.29) is 11.9 Å². The van der Waals surface area contributed by atoms with Crippen molar-refractivity contribution in [1.82, 2.24) is 30.2 Å². The quantitative estimate of drug-likeness (QED) is 0.732. The molecule has 2 aromatic rings. The largest absolute Gasteiger partial charge is 0.353 e. The van der Waals surface area contributed by atoms with Crippen LogP contribution in [0, 0.1) is 0 Å². The van der Waals surface area contributed by atoms with Gasteiger partial charge in [0.05, 0.1) is 12.0 Å². The molecule has 1 atom stereocenters. The average Bonchev–Trinajstić information content (AvgIpc) is 3.14. The number of aromatic amines is 1. The van der Waals surface area contributed by atoms with Crippen LogP contribution in [0.3, 0.4) is 0 Å². The second-order valence-corrected chi connectivity index (χ2v) is 5.08. The number of hydrogen-bond acceptors (Lipinski definition) is 4. The fourth-order valence-corrected chi connectivity index (χ4v) is 2.70. The van der Waals surface area contributed by atoms with Gasteiger partial charge in [-0.05, 0) is 0 Å². The maximum absolute atomic E-state index is 12.3. The van der Waals surface area contributed by atoms with Crippen molar-refractivity contribution in [2.24, 2.45) is 0 Å². The van der Waals surface area contributed by atoms with Crippen LogP contribution >= 0.6 is 0 Å². The first-order valence-electron chi connectivity index (χ1n) is 7.33. The molecule has 0 aromatic carbocycles. The standard InChI is InChI=1S/C14H20N6O/c1-2-11-15-5-7-20(11)8-6-17-14(21)13-12-10(3-4-16-13)18-9-19-12/h5,7,9,13,16H,2-4,6,8H2,1H3,(H,17,21)(H,18,19). The molecular weight excluding hydrogens is 268 g/mol. The number of rotatable bonds is 5. The Morgan fingerprint density at radius 3 is 3.29 bits per heavy atom. The van der Waals surface area contributed by atoms with Gasteiger partial charge in [0, 0.05) is 50.6 Å². The number of carbonyl (C=O) groups is 1. The molecule has 3 N–H and O–H groups in total. The lowest BCUT2D eigenvalue weighted by Crippen LogP contribution is -2.42. The first kappa shape index (κ1) is 13.8. The predicted octanol–water partition coefficient (Wildman–Crippen LogP) is 0.172. The van der Waals surface area contributed by atoms with Crippen molar-refractivity contribution in [2.75, 3.05) is 13.1 Å². The van der Waals surface area contributed by atoms with E-state index in [0.717, 1.165) is 43.1 Å². The molecule has 1 aliphatic rings. The highest BCUT2D eigenvalue weighted by Crippen LogP contribution is 2.18. The highest BCUT2D eigenvalue weighted by Gasteiger charge is 2.27. The predicted molar refractivity (Wildman–Crippen MR) is 77.7 cm³/mol. The van der Waals surface area contributed by atoms with Crippen LogP contribution in [0.25, 0.3) is 0 Å². The lowest BCUT2D eigenvalue weighted by atomic mass is 10.1. The van der Waals surface area contributed by atoms with Crippen molar-refractivity contribution in [3.05, 3.63) is 35.9 Å². The molecule has 0 radical (unpaired) electrons. The van der Waals surface area contributed by atoms with Gasteiger partial charge < -0.3 is 20.2 Å². The molecule has 0 fully saturated rings. The SMILES string of the molecule is CCc1nccn1CCNC(=O)C1NCCc2[nH]cnc21. The molecule has 0 saturated heterocycles. The molecule has 1 aliphatic heterocycles. The number of amides is 1. The molecule has 0 saturated carbocycles. The van der Waals surface area contributed by atoms with Crippen molar-refractivity contribution < 1.29 is 4.79 Å². The number of imidazole rings is 2. The van der Waals surface area contributed by atoms with Crippen LogP contribution in [0.1, 0.15) is 30.2 Å². The Labute approximate surface area is 123 Å². The molecular formula is C14H20N6O. The van der Waals surface area contributed by atoms with Crippen LogP contribution < -0.4 is 10.6 Å². The summed E-state index contributed by atoms with van der Waals surface area (Å²) < 4.78 is 2.06. The molecule has 3 heterocycles. The summed E-state index contributed by atoms with van der Waals surface area (Å²) in [5.74, 6) is 1.01. The van der Waals surface area contributed by atoms with E-state index in [0.29, 0.717) is 6.54 Å². The number of aryl methyl sites for hydroxylation is 1. The summed E-state index contributed by atoms with van der Waals surface area (Å²) in [6.07, 6.45) is 7.15. The summed E-state index contributed by atoms with van der Waals surface area (Å²) >= 11 is 0. The Morgan fingerprint density at radius 2 is 2.43 bits per heavy atom. The summed E-state index contributed by atoms with van der Waals surface area (Å²) in [5.41, 5.74) is 1.87. The highest BCUT2D eigenvalue weighted by molar-refractivity contribution is 5.83. The van der Waals surface area contributed by atoms with Crippen LogP contribution in [0.2, 0.25) is 0 Å². The minimum absolute atomic E-state index is 0.0267. The lowest BCUT2D eigenvalue weighted by molar-refractivity contribution is -0.123. The van der Waals surface area contributed by atoms with E-state index >= 15 is 0 Å². The van der Waals surface area contributed by atoms with Gasteiger partial charge in [0.1, 0.15) is 11.9 Å². The van der Waals surface area contributed by atoms with Crippen LogP contribution in [0.5, 0.6) is 0 Å². The zero-order valence-corrected chi connectivity index (χ0v) is 12.1. The first-order chi connectivity index (χ1) is 10.3. The zero-order valence-electron chi connectivity index (χ0n) is 12.1. The number of nitrogens with one attached hydrogen (secondary N) is 3. The van der Waals surface area contributed by atoms with Gasteiger partial charge in [-0.2, -0.15) is 0 Å². The Hall–Kier alpha value is -2.15. The van der Waals surface area contributed by atoms with E-state index in [9.17, 15) is 4.79 Å². The number of nitrogens with zero attached hydrogens (tertiary/aromatic N) is 3. The minimum Gasteiger partial charge on any atom is -0.353 e. The second-order valence-electron chi connectivity index (χ2n) is 5.08. The van der Waals surface area contributed by atoms with Gasteiger partial charge in [-0.3, -0.25) is 4.79 Å². The van der Waals surface area contributed by atoms with E-state index in [4.69, 9.17) is 0 Å². The van der Waals surface area contributed by atoms with Crippen molar-refractivity contribution in [2.45, 2.75) is 32.4 Å². The number of H-pyrrole nitrogens is 1. The van der Waals surface area contributed by atoms with Crippen LogP contribution in [-0.4, -0.2) is 38.5 Å². The molecule has 21 heavy (non-hydrogen) atoms. The molecule has 0 spiro atoms. The second kappa shape index (κ2) is 6.09. The van der Waals surface area contributed by atoms with E-state index in [1.807, 2.05) is 6.20 Å². The molecule has 1 amide bonds. The van der Waals surface area contributed by atoms with E-state index in [2.05, 4.69) is 37.1 Å². The van der Waals surface area contributed by atoms with Gasteiger partial charge in [0.2, 0.25) is 5.91 Å². The number of fused-ring (bicyclic) bond motifs is 1. The van der Waals surface area contributed by atoms with E-state index in [1.54, 1.807) is 12.5 Å². The van der Waals surface area contributed by atoms with Gasteiger partial charge in [-0.1, -0.05) is 6.92 Å². The molecule has 7 heteroatoms. The monoisotopic (exact) mass is 288 g/mol. The van der Waals surface area contributed by atoms with Crippen LogP contribution in [0.4, 0.5) is 0 Å². The normalized spacial score (nSPS) is 17.5. The maximum atomic E-state index is 12.3. The Balaban J connectivity index is 1.56. The third kappa shape index (κ3) is 2.82. The van der Waals surface area contributed by atoms with Crippen molar-refractivity contribution >= 4 is 5.91 Å². The van der Waals surface area contributed by atoms with Gasteiger partial charge in [-0.15, -0.1) is 0 Å². The molecule has 0 bridgehead atoms. The summed E-state index contributed by atoms with van der Waals surface area (Å²) in [5, 5.41) is 6.18. The topological polar surface area (TPSA) is 87.6 Å².